The minimum absolute atomic E-state index is 0.150. The van der Waals surface area contributed by atoms with Crippen LogP contribution in [0.1, 0.15) is 44.6 Å². The van der Waals surface area contributed by atoms with E-state index in [1.807, 2.05) is 18.2 Å². The van der Waals surface area contributed by atoms with E-state index in [0.29, 0.717) is 5.56 Å². The van der Waals surface area contributed by atoms with Crippen LogP contribution < -0.4 is 10.6 Å². The Morgan fingerprint density at radius 3 is 2.64 bits per heavy atom. The molecule has 0 unspecified atom stereocenters. The Balaban J connectivity index is 1.71. The summed E-state index contributed by atoms with van der Waals surface area (Å²) >= 11 is 3.42. The first-order valence-corrected chi connectivity index (χ1v) is 9.39. The summed E-state index contributed by atoms with van der Waals surface area (Å²) in [7, 11) is 0. The molecule has 1 atom stereocenters. The number of nitrogens with zero attached hydrogens (tertiary/aromatic N) is 1. The normalized spacial score (nSPS) is 24.3. The molecule has 0 spiro atoms. The monoisotopic (exact) mass is 407 g/mol. The zero-order chi connectivity index (χ0) is 18.0. The van der Waals surface area contributed by atoms with E-state index in [2.05, 4.69) is 26.6 Å². The third-order valence-corrected chi connectivity index (χ3v) is 5.65. The predicted octanol–water partition coefficient (Wildman–Crippen LogP) is 2.67. The van der Waals surface area contributed by atoms with E-state index < -0.39 is 17.5 Å². The van der Waals surface area contributed by atoms with Gasteiger partial charge in [0.25, 0.3) is 5.91 Å². The molecule has 1 aliphatic heterocycles. The number of hydrogen-bond donors (Lipinski definition) is 2. The molecular formula is C18H22BrN3O3. The maximum absolute atomic E-state index is 12.9. The number of benzene rings is 1. The van der Waals surface area contributed by atoms with E-state index in [1.54, 1.807) is 13.0 Å². The lowest BCUT2D eigenvalue weighted by atomic mass is 9.92. The van der Waals surface area contributed by atoms with Crippen molar-refractivity contribution in [3.63, 3.8) is 0 Å². The smallest absolute Gasteiger partial charge is 0.325 e. The van der Waals surface area contributed by atoms with Crippen LogP contribution in [0.2, 0.25) is 0 Å². The van der Waals surface area contributed by atoms with E-state index in [0.717, 1.165) is 35.1 Å². The minimum atomic E-state index is -1.18. The molecule has 2 N–H and O–H groups in total. The number of imide groups is 1. The van der Waals surface area contributed by atoms with E-state index in [-0.39, 0.29) is 18.5 Å². The molecule has 7 heteroatoms. The molecule has 0 bridgehead atoms. The zero-order valence-electron chi connectivity index (χ0n) is 14.2. The molecule has 4 amide bonds. The Morgan fingerprint density at radius 1 is 1.28 bits per heavy atom. The maximum atomic E-state index is 12.9. The van der Waals surface area contributed by atoms with Gasteiger partial charge in [0.05, 0.1) is 0 Å². The topological polar surface area (TPSA) is 78.5 Å². The van der Waals surface area contributed by atoms with Crippen LogP contribution in [0.25, 0.3) is 0 Å². The van der Waals surface area contributed by atoms with Gasteiger partial charge in [-0.1, -0.05) is 53.4 Å². The molecule has 1 saturated carbocycles. The molecular weight excluding hydrogens is 386 g/mol. The first kappa shape index (κ1) is 17.9. The molecule has 0 aromatic heterocycles. The van der Waals surface area contributed by atoms with Crippen molar-refractivity contribution in [2.75, 3.05) is 6.54 Å². The highest BCUT2D eigenvalue weighted by atomic mass is 79.9. The van der Waals surface area contributed by atoms with E-state index >= 15 is 0 Å². The fourth-order valence-corrected chi connectivity index (χ4v) is 4.23. The van der Waals surface area contributed by atoms with Crippen molar-refractivity contribution < 1.29 is 14.4 Å². The van der Waals surface area contributed by atoms with Gasteiger partial charge in [0.2, 0.25) is 5.91 Å². The van der Waals surface area contributed by atoms with Crippen LogP contribution in [0.4, 0.5) is 4.79 Å². The summed E-state index contributed by atoms with van der Waals surface area (Å²) in [4.78, 5) is 38.4. The van der Waals surface area contributed by atoms with Gasteiger partial charge in [-0.3, -0.25) is 14.5 Å². The van der Waals surface area contributed by atoms with Gasteiger partial charge in [-0.2, -0.15) is 0 Å². The molecule has 3 rings (SSSR count). The molecule has 1 heterocycles. The van der Waals surface area contributed by atoms with Crippen molar-refractivity contribution in [1.29, 1.82) is 0 Å². The molecule has 25 heavy (non-hydrogen) atoms. The van der Waals surface area contributed by atoms with E-state index in [4.69, 9.17) is 0 Å². The molecule has 2 fully saturated rings. The summed E-state index contributed by atoms with van der Waals surface area (Å²) in [6.45, 7) is 1.41. The number of carbonyl (C=O) groups is 3. The van der Waals surface area contributed by atoms with Crippen LogP contribution in [0.5, 0.6) is 0 Å². The molecule has 1 aromatic carbocycles. The number of carbonyl (C=O) groups excluding carboxylic acids is 3. The summed E-state index contributed by atoms with van der Waals surface area (Å²) in [6, 6.07) is 6.86. The molecule has 134 valence electrons. The van der Waals surface area contributed by atoms with Gasteiger partial charge in [0, 0.05) is 16.1 Å². The third-order valence-electron chi connectivity index (χ3n) is 4.96. The van der Waals surface area contributed by atoms with Crippen molar-refractivity contribution in [3.8, 4) is 0 Å². The van der Waals surface area contributed by atoms with Crippen LogP contribution in [-0.4, -0.2) is 35.3 Å². The summed E-state index contributed by atoms with van der Waals surface area (Å²) < 4.78 is 0.736. The van der Waals surface area contributed by atoms with Crippen LogP contribution in [0.15, 0.2) is 28.7 Å². The second-order valence-electron chi connectivity index (χ2n) is 6.83. The first-order chi connectivity index (χ1) is 11.9. The first-order valence-electron chi connectivity index (χ1n) is 8.60. The number of halogens is 1. The van der Waals surface area contributed by atoms with Crippen LogP contribution >= 0.6 is 15.9 Å². The lowest BCUT2D eigenvalue weighted by Crippen LogP contribution is -2.46. The van der Waals surface area contributed by atoms with Crippen molar-refractivity contribution in [2.45, 2.75) is 50.6 Å². The maximum Gasteiger partial charge on any atom is 0.325 e. The van der Waals surface area contributed by atoms with Gasteiger partial charge in [-0.25, -0.2) is 4.79 Å². The fraction of sp³-hybridized carbons (Fsp3) is 0.500. The lowest BCUT2D eigenvalue weighted by Gasteiger charge is -2.25. The standard InChI is InChI=1S/C18H22BrN3O3/c1-18(13-9-5-6-10-14(13)19)16(24)22(17(25)21-18)11-15(23)20-12-7-3-2-4-8-12/h5-6,9-10,12H,2-4,7-8,11H2,1H3,(H,20,23)(H,21,25)/t18-/m0/s1. The molecule has 0 radical (unpaired) electrons. The minimum Gasteiger partial charge on any atom is -0.352 e. The molecule has 6 nitrogen and oxygen atoms in total. The predicted molar refractivity (Wildman–Crippen MR) is 96.8 cm³/mol. The zero-order valence-corrected chi connectivity index (χ0v) is 15.8. The Hall–Kier alpha value is -1.89. The quantitative estimate of drug-likeness (QED) is 0.752. The Kier molecular flexibility index (Phi) is 5.13. The highest BCUT2D eigenvalue weighted by molar-refractivity contribution is 9.10. The van der Waals surface area contributed by atoms with Crippen molar-refractivity contribution in [1.82, 2.24) is 15.5 Å². The van der Waals surface area contributed by atoms with E-state index in [9.17, 15) is 14.4 Å². The van der Waals surface area contributed by atoms with E-state index in [1.165, 1.54) is 6.42 Å². The van der Waals surface area contributed by atoms with Gasteiger partial charge >= 0.3 is 6.03 Å². The Morgan fingerprint density at radius 2 is 1.96 bits per heavy atom. The molecule has 1 saturated heterocycles. The SMILES string of the molecule is C[C@@]1(c2ccccc2Br)NC(=O)N(CC(=O)NC2CCCCC2)C1=O. The van der Waals surface area contributed by atoms with Crippen molar-refractivity contribution in [3.05, 3.63) is 34.3 Å². The summed E-state index contributed by atoms with van der Waals surface area (Å²) in [5.74, 6) is -0.699. The number of amides is 4. The fourth-order valence-electron chi connectivity index (χ4n) is 3.55. The van der Waals surface area contributed by atoms with Gasteiger partial charge in [-0.05, 0) is 25.8 Å². The Labute approximate surface area is 155 Å². The number of urea groups is 1. The lowest BCUT2D eigenvalue weighted by molar-refractivity contribution is -0.135. The van der Waals surface area contributed by atoms with Gasteiger partial charge < -0.3 is 10.6 Å². The summed E-state index contributed by atoms with van der Waals surface area (Å²) in [6.07, 6.45) is 5.33. The van der Waals surface area contributed by atoms with Gasteiger partial charge in [0.1, 0.15) is 12.1 Å². The van der Waals surface area contributed by atoms with Crippen molar-refractivity contribution in [2.24, 2.45) is 0 Å². The molecule has 1 aromatic rings. The highest BCUT2D eigenvalue weighted by Gasteiger charge is 2.50. The summed E-state index contributed by atoms with van der Waals surface area (Å²) in [5.41, 5.74) is -0.508. The molecule has 2 aliphatic rings. The number of rotatable bonds is 4. The van der Waals surface area contributed by atoms with Gasteiger partial charge in [0.15, 0.2) is 0 Å². The second kappa shape index (κ2) is 7.15. The van der Waals surface area contributed by atoms with Crippen LogP contribution in [0, 0.1) is 0 Å². The number of nitrogens with one attached hydrogen (secondary N) is 2. The second-order valence-corrected chi connectivity index (χ2v) is 7.68. The van der Waals surface area contributed by atoms with Crippen molar-refractivity contribution >= 4 is 33.8 Å². The third kappa shape index (κ3) is 3.56. The van der Waals surface area contributed by atoms with Crippen LogP contribution in [0.3, 0.4) is 0 Å². The van der Waals surface area contributed by atoms with Gasteiger partial charge in [-0.15, -0.1) is 0 Å². The van der Waals surface area contributed by atoms with Crippen LogP contribution in [-0.2, 0) is 15.1 Å². The average Bonchev–Trinajstić information content (AvgIpc) is 2.80. The summed E-state index contributed by atoms with van der Waals surface area (Å²) in [5, 5.41) is 5.67. The molecule has 1 aliphatic carbocycles. The average molecular weight is 408 g/mol. The largest absolute Gasteiger partial charge is 0.352 e. The highest BCUT2D eigenvalue weighted by Crippen LogP contribution is 2.33. The number of hydrogen-bond acceptors (Lipinski definition) is 3. The Bertz CT molecular complexity index is 703.